The lowest BCUT2D eigenvalue weighted by atomic mass is 9.95. The first kappa shape index (κ1) is 20.5. The Morgan fingerprint density at radius 2 is 2.26 bits per heavy atom. The van der Waals surface area contributed by atoms with Crippen LogP contribution in [0.15, 0.2) is 11.3 Å². The molecule has 1 fully saturated rings. The molecule has 0 bridgehead atoms. The van der Waals surface area contributed by atoms with Crippen LogP contribution in [-0.4, -0.2) is 44.3 Å². The fourth-order valence-corrected chi connectivity index (χ4v) is 3.96. The summed E-state index contributed by atoms with van der Waals surface area (Å²) in [4.78, 5) is 8.86. The van der Waals surface area contributed by atoms with Crippen molar-refractivity contribution in [3.8, 4) is 0 Å². The van der Waals surface area contributed by atoms with Gasteiger partial charge in [-0.15, -0.1) is 24.0 Å². The van der Waals surface area contributed by atoms with Crippen LogP contribution in [0.2, 0.25) is 0 Å². The van der Waals surface area contributed by atoms with Crippen molar-refractivity contribution >= 4 is 41.7 Å². The molecule has 0 amide bonds. The Balaban J connectivity index is 0.00000264. The average molecular weight is 452 g/mol. The molecule has 23 heavy (non-hydrogen) atoms. The van der Waals surface area contributed by atoms with Crippen LogP contribution in [0.3, 0.4) is 0 Å². The molecule has 132 valence electrons. The fourth-order valence-electron chi connectivity index (χ4n) is 2.79. The number of halogens is 1. The third kappa shape index (κ3) is 6.86. The summed E-state index contributed by atoms with van der Waals surface area (Å²) in [5.41, 5.74) is 0. The van der Waals surface area contributed by atoms with E-state index in [0.717, 1.165) is 23.6 Å². The molecule has 6 nitrogen and oxygen atoms in total. The van der Waals surface area contributed by atoms with Gasteiger partial charge in [0.05, 0.1) is 0 Å². The molecule has 2 N–H and O–H groups in total. The van der Waals surface area contributed by atoms with Crippen LogP contribution in [0.25, 0.3) is 0 Å². The largest absolute Gasteiger partial charge is 0.357 e. The topological polar surface area (TPSA) is 67.1 Å². The number of hydrogen-bond acceptors (Lipinski definition) is 4. The minimum Gasteiger partial charge on any atom is -0.357 e. The number of rotatable bonds is 6. The van der Waals surface area contributed by atoms with Gasteiger partial charge in [0.2, 0.25) is 0 Å². The number of nitrogens with one attached hydrogen (secondary N) is 2. The highest BCUT2D eigenvalue weighted by molar-refractivity contribution is 14.0. The van der Waals surface area contributed by atoms with Gasteiger partial charge in [0.25, 0.3) is 0 Å². The minimum atomic E-state index is 0. The molecule has 2 atom stereocenters. The minimum absolute atomic E-state index is 0. The first-order valence-electron chi connectivity index (χ1n) is 8.22. The molecule has 0 spiro atoms. The van der Waals surface area contributed by atoms with Crippen molar-refractivity contribution in [2.75, 3.05) is 12.3 Å². The second kappa shape index (κ2) is 11.1. The predicted molar refractivity (Wildman–Crippen MR) is 109 cm³/mol. The van der Waals surface area contributed by atoms with Crippen LogP contribution >= 0.6 is 35.7 Å². The maximum Gasteiger partial charge on any atom is 0.191 e. The standard InChI is InChI=1S/C15H28N6S.HI/c1-4-16-15(17-10-14-18-11-19-21(14)3)20-12-7-6-8-13(9-12)22-5-2;/h11-13H,4-10H2,1-3H3,(H2,16,17,20);1H. The molecule has 0 saturated heterocycles. The van der Waals surface area contributed by atoms with Crippen LogP contribution in [0.4, 0.5) is 0 Å². The molecule has 1 aromatic rings. The lowest BCUT2D eigenvalue weighted by molar-refractivity contribution is 0.418. The molecular weight excluding hydrogens is 423 g/mol. The van der Waals surface area contributed by atoms with Gasteiger partial charge in [0.1, 0.15) is 18.7 Å². The summed E-state index contributed by atoms with van der Waals surface area (Å²) in [7, 11) is 1.89. The molecular formula is C15H29IN6S. The maximum absolute atomic E-state index is 4.65. The third-order valence-electron chi connectivity index (χ3n) is 3.90. The molecule has 1 saturated carbocycles. The monoisotopic (exact) mass is 452 g/mol. The number of aryl methyl sites for hydroxylation is 1. The van der Waals surface area contributed by atoms with Crippen molar-refractivity contribution in [3.63, 3.8) is 0 Å². The molecule has 1 heterocycles. The Morgan fingerprint density at radius 3 is 2.91 bits per heavy atom. The van der Waals surface area contributed by atoms with E-state index in [9.17, 15) is 0 Å². The van der Waals surface area contributed by atoms with Crippen LogP contribution < -0.4 is 10.6 Å². The molecule has 0 aromatic carbocycles. The van der Waals surface area contributed by atoms with Crippen molar-refractivity contribution in [2.45, 2.75) is 57.4 Å². The van der Waals surface area contributed by atoms with Crippen molar-refractivity contribution in [3.05, 3.63) is 12.2 Å². The van der Waals surface area contributed by atoms with Gasteiger partial charge in [-0.05, 0) is 31.9 Å². The van der Waals surface area contributed by atoms with E-state index in [0.29, 0.717) is 12.6 Å². The highest BCUT2D eigenvalue weighted by Gasteiger charge is 2.22. The summed E-state index contributed by atoms with van der Waals surface area (Å²) in [6, 6.07) is 0.523. The lowest BCUT2D eigenvalue weighted by Crippen LogP contribution is -2.45. The van der Waals surface area contributed by atoms with Gasteiger partial charge in [-0.2, -0.15) is 16.9 Å². The van der Waals surface area contributed by atoms with Crippen molar-refractivity contribution < 1.29 is 0 Å². The Bertz CT molecular complexity index is 476. The van der Waals surface area contributed by atoms with Gasteiger partial charge in [-0.3, -0.25) is 4.68 Å². The van der Waals surface area contributed by atoms with Gasteiger partial charge < -0.3 is 10.6 Å². The first-order chi connectivity index (χ1) is 10.7. The number of aliphatic imine (C=N–C) groups is 1. The second-order valence-electron chi connectivity index (χ2n) is 5.58. The summed E-state index contributed by atoms with van der Waals surface area (Å²) in [5.74, 6) is 2.97. The van der Waals surface area contributed by atoms with E-state index >= 15 is 0 Å². The first-order valence-corrected chi connectivity index (χ1v) is 9.27. The van der Waals surface area contributed by atoms with Gasteiger partial charge in [-0.1, -0.05) is 13.3 Å². The summed E-state index contributed by atoms with van der Waals surface area (Å²) in [6.45, 7) is 5.75. The quantitative estimate of drug-likeness (QED) is 0.395. The molecule has 0 aliphatic heterocycles. The molecule has 2 rings (SSSR count). The predicted octanol–water partition coefficient (Wildman–Crippen LogP) is 2.55. The normalized spacial score (nSPS) is 21.6. The number of guanidine groups is 1. The summed E-state index contributed by atoms with van der Waals surface area (Å²) < 4.78 is 1.77. The number of aromatic nitrogens is 3. The van der Waals surface area contributed by atoms with E-state index in [-0.39, 0.29) is 24.0 Å². The van der Waals surface area contributed by atoms with Gasteiger partial charge in [0, 0.05) is 24.9 Å². The van der Waals surface area contributed by atoms with Crippen LogP contribution in [0.1, 0.15) is 45.4 Å². The van der Waals surface area contributed by atoms with E-state index in [1.54, 1.807) is 11.0 Å². The Hall–Kier alpha value is -0.510. The number of hydrogen-bond donors (Lipinski definition) is 2. The Morgan fingerprint density at radius 1 is 1.43 bits per heavy atom. The smallest absolute Gasteiger partial charge is 0.191 e. The molecule has 1 aromatic heterocycles. The average Bonchev–Trinajstić information content (AvgIpc) is 2.91. The zero-order chi connectivity index (χ0) is 15.8. The summed E-state index contributed by atoms with van der Waals surface area (Å²) in [6.07, 6.45) is 6.68. The molecule has 8 heteroatoms. The van der Waals surface area contributed by atoms with Crippen molar-refractivity contribution in [1.29, 1.82) is 0 Å². The number of thioether (sulfide) groups is 1. The lowest BCUT2D eigenvalue weighted by Gasteiger charge is -2.30. The van der Waals surface area contributed by atoms with E-state index in [1.165, 1.54) is 31.4 Å². The van der Waals surface area contributed by atoms with E-state index in [1.807, 2.05) is 7.05 Å². The third-order valence-corrected chi connectivity index (χ3v) is 5.13. The van der Waals surface area contributed by atoms with Crippen LogP contribution in [-0.2, 0) is 13.6 Å². The zero-order valence-corrected chi connectivity index (χ0v) is 17.4. The van der Waals surface area contributed by atoms with Crippen LogP contribution in [0, 0.1) is 0 Å². The van der Waals surface area contributed by atoms with E-state index in [4.69, 9.17) is 0 Å². The van der Waals surface area contributed by atoms with Crippen LogP contribution in [0.5, 0.6) is 0 Å². The molecule has 0 radical (unpaired) electrons. The Labute approximate surface area is 160 Å². The van der Waals surface area contributed by atoms with Crippen molar-refractivity contribution in [2.24, 2.45) is 12.0 Å². The number of nitrogens with zero attached hydrogens (tertiary/aromatic N) is 4. The second-order valence-corrected chi connectivity index (χ2v) is 7.16. The SMILES string of the molecule is CCNC(=NCc1ncnn1C)NC1CCCC(SCC)C1.I. The maximum atomic E-state index is 4.65. The highest BCUT2D eigenvalue weighted by atomic mass is 127. The molecule has 2 unspecified atom stereocenters. The van der Waals surface area contributed by atoms with Crippen molar-refractivity contribution in [1.82, 2.24) is 25.4 Å². The Kier molecular flexibility index (Phi) is 9.92. The fraction of sp³-hybridized carbons (Fsp3) is 0.800. The van der Waals surface area contributed by atoms with Gasteiger partial charge >= 0.3 is 0 Å². The highest BCUT2D eigenvalue weighted by Crippen LogP contribution is 2.28. The van der Waals surface area contributed by atoms with Gasteiger partial charge in [-0.25, -0.2) is 9.98 Å². The van der Waals surface area contributed by atoms with E-state index in [2.05, 4.69) is 51.3 Å². The molecule has 1 aliphatic rings. The summed E-state index contributed by atoms with van der Waals surface area (Å²) >= 11 is 2.09. The molecule has 1 aliphatic carbocycles. The van der Waals surface area contributed by atoms with E-state index < -0.39 is 0 Å². The summed E-state index contributed by atoms with van der Waals surface area (Å²) in [5, 5.41) is 11.8. The zero-order valence-electron chi connectivity index (χ0n) is 14.3. The van der Waals surface area contributed by atoms with Gasteiger partial charge in [0.15, 0.2) is 5.96 Å².